The number of rotatable bonds is 4. The van der Waals surface area contributed by atoms with Crippen LogP contribution < -0.4 is 10.6 Å². The maximum Gasteiger partial charge on any atom is 0.237 e. The van der Waals surface area contributed by atoms with E-state index < -0.39 is 0 Å². The summed E-state index contributed by atoms with van der Waals surface area (Å²) in [7, 11) is 1.97. The maximum absolute atomic E-state index is 12.0. The summed E-state index contributed by atoms with van der Waals surface area (Å²) in [6.45, 7) is 1.61. The molecule has 1 aliphatic heterocycles. The molecule has 0 bridgehead atoms. The summed E-state index contributed by atoms with van der Waals surface area (Å²) in [4.78, 5) is 16.2. The minimum absolute atomic E-state index is 0.00567. The molecule has 1 saturated heterocycles. The van der Waals surface area contributed by atoms with Crippen LogP contribution >= 0.6 is 0 Å². The van der Waals surface area contributed by atoms with Crippen LogP contribution in [0.25, 0.3) is 0 Å². The predicted molar refractivity (Wildman–Crippen MR) is 70.2 cm³/mol. The highest BCUT2D eigenvalue weighted by Crippen LogP contribution is 2.08. The second kappa shape index (κ2) is 6.54. The zero-order valence-corrected chi connectivity index (χ0v) is 11.0. The Balaban J connectivity index is 1.72. The number of carbonyl (C=O) groups excluding carboxylic acids is 1. The highest BCUT2D eigenvalue weighted by molar-refractivity contribution is 5.81. The Hall–Kier alpha value is -1.36. The van der Waals surface area contributed by atoms with Crippen LogP contribution in [0.15, 0.2) is 12.4 Å². The monoisotopic (exact) mass is 250 g/mol. The fourth-order valence-electron chi connectivity index (χ4n) is 2.31. The lowest BCUT2D eigenvalue weighted by Gasteiger charge is -2.15. The first-order valence-corrected chi connectivity index (χ1v) is 6.74. The number of nitrogens with zero attached hydrogens (tertiary/aromatic N) is 2. The molecule has 0 radical (unpaired) electrons. The Kier molecular flexibility index (Phi) is 4.75. The van der Waals surface area contributed by atoms with Gasteiger partial charge in [-0.05, 0) is 19.4 Å². The molecule has 0 spiro atoms. The average Bonchev–Trinajstić information content (AvgIpc) is 2.64. The van der Waals surface area contributed by atoms with Crippen molar-refractivity contribution in [2.45, 2.75) is 38.1 Å². The zero-order valence-electron chi connectivity index (χ0n) is 11.0. The molecule has 2 heterocycles. The minimum atomic E-state index is -0.00567. The molecule has 1 fully saturated rings. The maximum atomic E-state index is 12.0. The van der Waals surface area contributed by atoms with Crippen LogP contribution in [-0.2, 0) is 18.3 Å². The van der Waals surface area contributed by atoms with Gasteiger partial charge in [0.15, 0.2) is 0 Å². The number of hydrogen-bond donors (Lipinski definition) is 2. The third-order valence-corrected chi connectivity index (χ3v) is 3.45. The van der Waals surface area contributed by atoms with E-state index in [4.69, 9.17) is 0 Å². The first-order valence-electron chi connectivity index (χ1n) is 6.74. The summed E-state index contributed by atoms with van der Waals surface area (Å²) in [5.41, 5.74) is 0. The lowest BCUT2D eigenvalue weighted by atomic mass is 10.1. The van der Waals surface area contributed by atoms with E-state index in [1.165, 1.54) is 12.8 Å². The normalized spacial score (nSPS) is 20.4. The lowest BCUT2D eigenvalue weighted by molar-refractivity contribution is -0.123. The molecule has 1 aromatic heterocycles. The van der Waals surface area contributed by atoms with Crippen LogP contribution in [-0.4, -0.2) is 34.6 Å². The number of aryl methyl sites for hydroxylation is 1. The largest absolute Gasteiger partial charge is 0.354 e. The lowest BCUT2D eigenvalue weighted by Crippen LogP contribution is -2.44. The first kappa shape index (κ1) is 13.1. The highest BCUT2D eigenvalue weighted by Gasteiger charge is 2.18. The van der Waals surface area contributed by atoms with Crippen LogP contribution in [0.3, 0.4) is 0 Å². The topological polar surface area (TPSA) is 59.0 Å². The van der Waals surface area contributed by atoms with Gasteiger partial charge in [0.05, 0.1) is 6.04 Å². The molecule has 5 nitrogen and oxygen atoms in total. The minimum Gasteiger partial charge on any atom is -0.354 e. The molecule has 1 amide bonds. The Labute approximate surface area is 108 Å². The van der Waals surface area contributed by atoms with Crippen LogP contribution in [0, 0.1) is 0 Å². The molecule has 2 rings (SSSR count). The van der Waals surface area contributed by atoms with Crippen LogP contribution in [0.1, 0.15) is 31.5 Å². The molecule has 1 aliphatic rings. The van der Waals surface area contributed by atoms with Gasteiger partial charge in [0.2, 0.25) is 5.91 Å². The van der Waals surface area contributed by atoms with E-state index in [1.54, 1.807) is 6.20 Å². The molecule has 1 aromatic rings. The standard InChI is InChI=1S/C13H22N4O/c1-17-10-9-15-12(17)6-8-16-13(18)11-5-3-2-4-7-14-11/h9-11,14H,2-8H2,1H3,(H,16,18). The van der Waals surface area contributed by atoms with Gasteiger partial charge in [-0.2, -0.15) is 0 Å². The number of imidazole rings is 1. The molecular weight excluding hydrogens is 228 g/mol. The Morgan fingerprint density at radius 3 is 3.22 bits per heavy atom. The molecule has 0 aromatic carbocycles. The summed E-state index contributed by atoms with van der Waals surface area (Å²) in [5.74, 6) is 1.13. The SMILES string of the molecule is Cn1ccnc1CCNC(=O)C1CCCCCN1. The van der Waals surface area contributed by atoms with E-state index >= 15 is 0 Å². The molecule has 18 heavy (non-hydrogen) atoms. The smallest absolute Gasteiger partial charge is 0.237 e. The second-order valence-electron chi connectivity index (χ2n) is 4.85. The summed E-state index contributed by atoms with van der Waals surface area (Å²) < 4.78 is 1.98. The third kappa shape index (κ3) is 3.57. The molecule has 0 aliphatic carbocycles. The van der Waals surface area contributed by atoms with Gasteiger partial charge in [0, 0.05) is 32.4 Å². The van der Waals surface area contributed by atoms with Crippen molar-refractivity contribution in [2.24, 2.45) is 7.05 Å². The van der Waals surface area contributed by atoms with Gasteiger partial charge < -0.3 is 15.2 Å². The van der Waals surface area contributed by atoms with Crippen molar-refractivity contribution in [3.8, 4) is 0 Å². The van der Waals surface area contributed by atoms with E-state index in [1.807, 2.05) is 17.8 Å². The Morgan fingerprint density at radius 1 is 1.56 bits per heavy atom. The van der Waals surface area contributed by atoms with Gasteiger partial charge in [-0.15, -0.1) is 0 Å². The summed E-state index contributed by atoms with van der Waals surface area (Å²) in [6.07, 6.45) is 8.98. The van der Waals surface area contributed by atoms with E-state index in [0.717, 1.165) is 31.6 Å². The molecule has 1 unspecified atom stereocenters. The van der Waals surface area contributed by atoms with E-state index in [-0.39, 0.29) is 11.9 Å². The number of carbonyl (C=O) groups is 1. The van der Waals surface area contributed by atoms with Crippen LogP contribution in [0.5, 0.6) is 0 Å². The van der Waals surface area contributed by atoms with Gasteiger partial charge in [-0.25, -0.2) is 4.98 Å². The third-order valence-electron chi connectivity index (χ3n) is 3.45. The summed E-state index contributed by atoms with van der Waals surface area (Å²) in [6, 6.07) is -0.00567. The van der Waals surface area contributed by atoms with Crippen molar-refractivity contribution >= 4 is 5.91 Å². The predicted octanol–water partition coefficient (Wildman–Crippen LogP) is 0.611. The molecular formula is C13H22N4O. The average molecular weight is 250 g/mol. The zero-order chi connectivity index (χ0) is 12.8. The van der Waals surface area contributed by atoms with Gasteiger partial charge in [-0.1, -0.05) is 12.8 Å². The second-order valence-corrected chi connectivity index (χ2v) is 4.85. The van der Waals surface area contributed by atoms with Gasteiger partial charge in [-0.3, -0.25) is 4.79 Å². The Morgan fingerprint density at radius 2 is 2.44 bits per heavy atom. The number of amides is 1. The van der Waals surface area contributed by atoms with Crippen molar-refractivity contribution in [2.75, 3.05) is 13.1 Å². The molecule has 100 valence electrons. The van der Waals surface area contributed by atoms with Crippen molar-refractivity contribution in [3.05, 3.63) is 18.2 Å². The quantitative estimate of drug-likeness (QED) is 0.823. The number of aromatic nitrogens is 2. The molecule has 1 atom stereocenters. The van der Waals surface area contributed by atoms with Gasteiger partial charge in [0.25, 0.3) is 0 Å². The van der Waals surface area contributed by atoms with Crippen molar-refractivity contribution in [1.29, 1.82) is 0 Å². The Bertz CT molecular complexity index is 380. The van der Waals surface area contributed by atoms with Crippen molar-refractivity contribution in [3.63, 3.8) is 0 Å². The molecule has 5 heteroatoms. The number of nitrogens with one attached hydrogen (secondary N) is 2. The van der Waals surface area contributed by atoms with Gasteiger partial charge in [0.1, 0.15) is 5.82 Å². The van der Waals surface area contributed by atoms with Crippen LogP contribution in [0.2, 0.25) is 0 Å². The van der Waals surface area contributed by atoms with Crippen molar-refractivity contribution < 1.29 is 4.79 Å². The number of hydrogen-bond acceptors (Lipinski definition) is 3. The van der Waals surface area contributed by atoms with Crippen LogP contribution in [0.4, 0.5) is 0 Å². The fraction of sp³-hybridized carbons (Fsp3) is 0.692. The van der Waals surface area contributed by atoms with E-state index in [0.29, 0.717) is 6.54 Å². The fourth-order valence-corrected chi connectivity index (χ4v) is 2.31. The molecule has 0 saturated carbocycles. The first-order chi connectivity index (χ1) is 8.77. The summed E-state index contributed by atoms with van der Waals surface area (Å²) >= 11 is 0. The van der Waals surface area contributed by atoms with Crippen molar-refractivity contribution in [1.82, 2.24) is 20.2 Å². The van der Waals surface area contributed by atoms with E-state index in [9.17, 15) is 4.79 Å². The molecule has 2 N–H and O–H groups in total. The summed E-state index contributed by atoms with van der Waals surface area (Å²) in [5, 5.41) is 6.29. The van der Waals surface area contributed by atoms with E-state index in [2.05, 4.69) is 15.6 Å². The highest BCUT2D eigenvalue weighted by atomic mass is 16.2. The van der Waals surface area contributed by atoms with Gasteiger partial charge >= 0.3 is 0 Å².